The highest BCUT2D eigenvalue weighted by Crippen LogP contribution is 2.25. The lowest BCUT2D eigenvalue weighted by Crippen LogP contribution is -2.28. The van der Waals surface area contributed by atoms with E-state index in [-0.39, 0.29) is 25.5 Å². The van der Waals surface area contributed by atoms with Crippen LogP contribution in [-0.2, 0) is 11.3 Å². The summed E-state index contributed by atoms with van der Waals surface area (Å²) in [7, 11) is 0. The molecule has 23 heavy (non-hydrogen) atoms. The van der Waals surface area contributed by atoms with Gasteiger partial charge in [-0.3, -0.25) is 0 Å². The largest absolute Gasteiger partial charge is 0.489 e. The van der Waals surface area contributed by atoms with Crippen molar-refractivity contribution in [3.8, 4) is 5.75 Å². The molecule has 0 saturated heterocycles. The molecule has 0 unspecified atom stereocenters. The highest BCUT2D eigenvalue weighted by Gasteiger charge is 2.11. The summed E-state index contributed by atoms with van der Waals surface area (Å²) in [5, 5.41) is 2.46. The third-order valence-electron chi connectivity index (χ3n) is 2.80. The van der Waals surface area contributed by atoms with E-state index in [1.165, 1.54) is 6.07 Å². The molecule has 0 heterocycles. The zero-order chi connectivity index (χ0) is 16.7. The lowest BCUT2D eigenvalue weighted by atomic mass is 10.2. The Morgan fingerprint density at radius 1 is 1.17 bits per heavy atom. The average molecular weight is 386 g/mol. The number of amides is 1. The molecule has 2 aromatic rings. The van der Waals surface area contributed by atoms with Crippen LogP contribution in [0.4, 0.5) is 13.6 Å². The molecule has 122 valence electrons. The number of benzene rings is 2. The maximum absolute atomic E-state index is 13.4. The molecule has 1 amide bonds. The van der Waals surface area contributed by atoms with E-state index in [4.69, 9.17) is 9.47 Å². The Morgan fingerprint density at radius 3 is 2.65 bits per heavy atom. The number of alkyl carbamates (subject to hydrolysis) is 1. The van der Waals surface area contributed by atoms with Gasteiger partial charge in [-0.05, 0) is 17.7 Å². The van der Waals surface area contributed by atoms with Crippen LogP contribution in [0.3, 0.4) is 0 Å². The monoisotopic (exact) mass is 385 g/mol. The molecular weight excluding hydrogens is 372 g/mol. The number of carbonyl (C=O) groups is 1. The molecule has 1 N–H and O–H groups in total. The Bertz CT molecular complexity index is 668. The van der Waals surface area contributed by atoms with Crippen LogP contribution in [-0.4, -0.2) is 19.2 Å². The summed E-state index contributed by atoms with van der Waals surface area (Å²) in [4.78, 5) is 11.5. The molecule has 0 atom stereocenters. The van der Waals surface area contributed by atoms with Gasteiger partial charge in [0.05, 0.1) is 6.54 Å². The Labute approximate surface area is 140 Å². The van der Waals surface area contributed by atoms with Crippen molar-refractivity contribution in [3.63, 3.8) is 0 Å². The molecule has 0 aliphatic rings. The summed E-state index contributed by atoms with van der Waals surface area (Å²) in [6.45, 7) is 0.230. The van der Waals surface area contributed by atoms with Gasteiger partial charge in [-0.2, -0.15) is 4.39 Å². The number of halogens is 3. The van der Waals surface area contributed by atoms with Crippen molar-refractivity contribution in [2.45, 2.75) is 6.61 Å². The second-order valence-corrected chi connectivity index (χ2v) is 5.45. The number of rotatable bonds is 6. The van der Waals surface area contributed by atoms with E-state index in [2.05, 4.69) is 21.2 Å². The Morgan fingerprint density at radius 2 is 1.91 bits per heavy atom. The van der Waals surface area contributed by atoms with E-state index in [1.54, 1.807) is 0 Å². The van der Waals surface area contributed by atoms with Gasteiger partial charge in [0.15, 0.2) is 11.6 Å². The van der Waals surface area contributed by atoms with E-state index in [0.29, 0.717) is 4.47 Å². The SMILES string of the molecule is O=C(NCCOc1cc(Br)cc(F)c1F)OCc1ccccc1. The first-order valence-corrected chi connectivity index (χ1v) is 7.57. The number of ether oxygens (including phenoxy) is 2. The Balaban J connectivity index is 1.70. The van der Waals surface area contributed by atoms with E-state index in [9.17, 15) is 13.6 Å². The molecular formula is C16H14BrF2NO3. The highest BCUT2D eigenvalue weighted by molar-refractivity contribution is 9.10. The quantitative estimate of drug-likeness (QED) is 0.603. The van der Waals surface area contributed by atoms with Crippen molar-refractivity contribution < 1.29 is 23.0 Å². The lowest BCUT2D eigenvalue weighted by molar-refractivity contribution is 0.137. The fourth-order valence-electron chi connectivity index (χ4n) is 1.73. The van der Waals surface area contributed by atoms with Gasteiger partial charge >= 0.3 is 6.09 Å². The summed E-state index contributed by atoms with van der Waals surface area (Å²) in [5.41, 5.74) is 0.866. The van der Waals surface area contributed by atoms with Crippen molar-refractivity contribution in [1.29, 1.82) is 0 Å². The molecule has 2 aromatic carbocycles. The van der Waals surface area contributed by atoms with E-state index >= 15 is 0 Å². The van der Waals surface area contributed by atoms with Crippen molar-refractivity contribution in [1.82, 2.24) is 5.32 Å². The fourth-order valence-corrected chi connectivity index (χ4v) is 2.13. The normalized spacial score (nSPS) is 10.2. The molecule has 0 aliphatic carbocycles. The Hall–Kier alpha value is -2.15. The molecule has 0 spiro atoms. The summed E-state index contributed by atoms with van der Waals surface area (Å²) in [6, 6.07) is 11.5. The summed E-state index contributed by atoms with van der Waals surface area (Å²) in [6.07, 6.45) is -0.613. The van der Waals surface area contributed by atoms with Gasteiger partial charge in [-0.25, -0.2) is 9.18 Å². The smallest absolute Gasteiger partial charge is 0.407 e. The topological polar surface area (TPSA) is 47.6 Å². The second-order valence-electron chi connectivity index (χ2n) is 4.54. The second kappa shape index (κ2) is 8.47. The van der Waals surface area contributed by atoms with Crippen molar-refractivity contribution >= 4 is 22.0 Å². The average Bonchev–Trinajstić information content (AvgIpc) is 2.54. The molecule has 4 nitrogen and oxygen atoms in total. The first-order valence-electron chi connectivity index (χ1n) is 6.78. The van der Waals surface area contributed by atoms with Crippen molar-refractivity contribution in [2.75, 3.05) is 13.2 Å². The van der Waals surface area contributed by atoms with Crippen LogP contribution in [0.5, 0.6) is 5.75 Å². The number of hydrogen-bond donors (Lipinski definition) is 1. The molecule has 0 aromatic heterocycles. The fraction of sp³-hybridized carbons (Fsp3) is 0.188. The zero-order valence-corrected chi connectivity index (χ0v) is 13.6. The van der Waals surface area contributed by atoms with E-state index < -0.39 is 17.7 Å². The van der Waals surface area contributed by atoms with Gasteiger partial charge in [0.2, 0.25) is 5.82 Å². The van der Waals surface area contributed by atoms with E-state index in [0.717, 1.165) is 11.6 Å². The highest BCUT2D eigenvalue weighted by atomic mass is 79.9. The van der Waals surface area contributed by atoms with Crippen LogP contribution in [0, 0.1) is 11.6 Å². The number of nitrogens with one attached hydrogen (secondary N) is 1. The predicted octanol–water partition coefficient (Wildman–Crippen LogP) is 4.03. The van der Waals surface area contributed by atoms with Crippen LogP contribution in [0.1, 0.15) is 5.56 Å². The summed E-state index contributed by atoms with van der Waals surface area (Å²) < 4.78 is 37.1. The lowest BCUT2D eigenvalue weighted by Gasteiger charge is -2.10. The number of carbonyl (C=O) groups excluding carboxylic acids is 1. The first kappa shape index (κ1) is 17.2. The molecule has 7 heteroatoms. The minimum absolute atomic E-state index is 0.0206. The standard InChI is InChI=1S/C16H14BrF2NO3/c17-12-8-13(18)15(19)14(9-12)22-7-6-20-16(21)23-10-11-4-2-1-3-5-11/h1-5,8-9H,6-7,10H2,(H,20,21). The van der Waals surface area contributed by atoms with Gasteiger partial charge in [0, 0.05) is 4.47 Å². The first-order chi connectivity index (χ1) is 11.1. The minimum atomic E-state index is -1.07. The van der Waals surface area contributed by atoms with Crippen LogP contribution in [0.2, 0.25) is 0 Å². The van der Waals surface area contributed by atoms with Gasteiger partial charge < -0.3 is 14.8 Å². The van der Waals surface area contributed by atoms with Gasteiger partial charge in [0.1, 0.15) is 13.2 Å². The minimum Gasteiger partial charge on any atom is -0.489 e. The zero-order valence-electron chi connectivity index (χ0n) is 12.0. The van der Waals surface area contributed by atoms with Crippen LogP contribution in [0.25, 0.3) is 0 Å². The third-order valence-corrected chi connectivity index (χ3v) is 3.26. The molecule has 0 radical (unpaired) electrons. The maximum Gasteiger partial charge on any atom is 0.407 e. The van der Waals surface area contributed by atoms with E-state index in [1.807, 2.05) is 30.3 Å². The molecule has 0 bridgehead atoms. The maximum atomic E-state index is 13.4. The van der Waals surface area contributed by atoms with Crippen LogP contribution in [0.15, 0.2) is 46.9 Å². The molecule has 0 saturated carbocycles. The van der Waals surface area contributed by atoms with Crippen molar-refractivity contribution in [3.05, 3.63) is 64.1 Å². The number of hydrogen-bond acceptors (Lipinski definition) is 3. The van der Waals surface area contributed by atoms with Crippen molar-refractivity contribution in [2.24, 2.45) is 0 Å². The van der Waals surface area contributed by atoms with Crippen LogP contribution < -0.4 is 10.1 Å². The van der Waals surface area contributed by atoms with Gasteiger partial charge in [-0.15, -0.1) is 0 Å². The third kappa shape index (κ3) is 5.52. The van der Waals surface area contributed by atoms with Gasteiger partial charge in [-0.1, -0.05) is 46.3 Å². The predicted molar refractivity (Wildman–Crippen MR) is 84.2 cm³/mol. The molecule has 0 fully saturated rings. The molecule has 0 aliphatic heterocycles. The summed E-state index contributed by atoms with van der Waals surface area (Å²) >= 11 is 3.05. The van der Waals surface area contributed by atoms with Gasteiger partial charge in [0.25, 0.3) is 0 Å². The molecule has 2 rings (SSSR count). The van der Waals surface area contributed by atoms with Crippen LogP contribution >= 0.6 is 15.9 Å². The summed E-state index contributed by atoms with van der Waals surface area (Å²) in [5.74, 6) is -2.30. The Kier molecular flexibility index (Phi) is 6.34.